The van der Waals surface area contributed by atoms with Crippen molar-refractivity contribution in [2.24, 2.45) is 0 Å². The van der Waals surface area contributed by atoms with Crippen LogP contribution in [0.25, 0.3) is 0 Å². The Balaban J connectivity index is 4.07. The van der Waals surface area contributed by atoms with Crippen LogP contribution in [0, 0.1) is 0 Å². The number of carbonyl (C=O) groups is 1. The normalized spacial score (nSPS) is 11.3. The monoisotopic (exact) mass is 204 g/mol. The first-order valence-electron chi connectivity index (χ1n) is 3.72. The number of ether oxygens (including phenoxy) is 1. The molecular weight excluding hydrogens is 191 g/mol. The molecule has 0 saturated carbocycles. The summed E-state index contributed by atoms with van der Waals surface area (Å²) in [5.41, 5.74) is -0.458. The van der Waals surface area contributed by atoms with Crippen molar-refractivity contribution in [1.29, 1.82) is 0 Å². The van der Waals surface area contributed by atoms with Crippen LogP contribution in [0.5, 0.6) is 0 Å². The van der Waals surface area contributed by atoms with E-state index in [1.54, 1.807) is 20.8 Å². The van der Waals surface area contributed by atoms with Crippen LogP contribution < -0.4 is 0 Å². The van der Waals surface area contributed by atoms with E-state index in [-0.39, 0.29) is 6.61 Å². The third-order valence-corrected chi connectivity index (χ3v) is 1.42. The van der Waals surface area contributed by atoms with Crippen LogP contribution in [-0.4, -0.2) is 18.2 Å². The number of rotatable bonds is 5. The van der Waals surface area contributed by atoms with Crippen LogP contribution in [0.3, 0.4) is 0 Å². The van der Waals surface area contributed by atoms with E-state index >= 15 is 0 Å². The van der Waals surface area contributed by atoms with Crippen molar-refractivity contribution in [3.8, 4) is 0 Å². The molecule has 0 aliphatic heterocycles. The van der Waals surface area contributed by atoms with Crippen molar-refractivity contribution in [3.63, 3.8) is 0 Å². The molecule has 0 spiro atoms. The molecule has 0 saturated heterocycles. The molecule has 0 rings (SSSR count). The number of hydrogen-bond donors (Lipinski definition) is 0. The van der Waals surface area contributed by atoms with E-state index in [2.05, 4.69) is 11.1 Å². The van der Waals surface area contributed by atoms with Crippen LogP contribution in [0.1, 0.15) is 20.8 Å². The summed E-state index contributed by atoms with van der Waals surface area (Å²) in [5.74, 6) is -0.476. The Morgan fingerprint density at radius 1 is 1.54 bits per heavy atom. The van der Waals surface area contributed by atoms with E-state index in [0.717, 1.165) is 0 Å². The van der Waals surface area contributed by atoms with Gasteiger partial charge in [0.1, 0.15) is 5.60 Å². The van der Waals surface area contributed by atoms with Gasteiger partial charge in [-0.25, -0.2) is 9.36 Å². The van der Waals surface area contributed by atoms with E-state index in [4.69, 9.17) is 4.74 Å². The van der Waals surface area contributed by atoms with Gasteiger partial charge in [0.15, 0.2) is 0 Å². The van der Waals surface area contributed by atoms with Gasteiger partial charge in [0.2, 0.25) is 0 Å². The number of carbonyl (C=O) groups excluding carboxylic acids is 1. The van der Waals surface area contributed by atoms with Crippen molar-refractivity contribution >= 4 is 14.7 Å². The fourth-order valence-corrected chi connectivity index (χ4v) is 0.913. The lowest BCUT2D eigenvalue weighted by molar-refractivity contribution is -0.153. The van der Waals surface area contributed by atoms with Gasteiger partial charge < -0.3 is 4.74 Å². The summed E-state index contributed by atoms with van der Waals surface area (Å²) in [5, 5.41) is 0. The highest BCUT2D eigenvalue weighted by Crippen LogP contribution is 2.14. The Kier molecular flexibility index (Phi) is 4.81. The van der Waals surface area contributed by atoms with Crippen molar-refractivity contribution in [3.05, 3.63) is 12.2 Å². The molecule has 0 N–H and O–H groups in total. The van der Waals surface area contributed by atoms with Gasteiger partial charge in [-0.2, -0.15) is 0 Å². The van der Waals surface area contributed by atoms with Crippen LogP contribution in [0.4, 0.5) is 0 Å². The van der Waals surface area contributed by atoms with Crippen LogP contribution in [0.15, 0.2) is 12.2 Å². The average Bonchev–Trinajstić information content (AvgIpc) is 2.00. The molecule has 0 unspecified atom stereocenters. The van der Waals surface area contributed by atoms with Gasteiger partial charge in [0, 0.05) is 5.57 Å². The van der Waals surface area contributed by atoms with Gasteiger partial charge in [-0.1, -0.05) is 6.58 Å². The molecule has 4 nitrogen and oxygen atoms in total. The molecule has 0 heterocycles. The minimum Gasteiger partial charge on any atom is -0.454 e. The van der Waals surface area contributed by atoms with E-state index in [1.165, 1.54) is 0 Å². The summed E-state index contributed by atoms with van der Waals surface area (Å²) >= 11 is 0. The van der Waals surface area contributed by atoms with Crippen molar-refractivity contribution in [1.82, 2.24) is 0 Å². The Morgan fingerprint density at radius 3 is 2.46 bits per heavy atom. The van der Waals surface area contributed by atoms with Crippen LogP contribution in [0.2, 0.25) is 0 Å². The van der Waals surface area contributed by atoms with E-state index in [9.17, 15) is 9.36 Å². The van der Waals surface area contributed by atoms with Gasteiger partial charge in [-0.3, -0.25) is 4.52 Å². The predicted molar refractivity (Wildman–Crippen MR) is 48.5 cm³/mol. The minimum atomic E-state index is -0.784. The highest BCUT2D eigenvalue weighted by atomic mass is 31.1. The SMILES string of the molecule is C=C(C)C(=O)OC(C)(C)COP=O. The molecule has 0 aromatic rings. The lowest BCUT2D eigenvalue weighted by Gasteiger charge is -2.23. The highest BCUT2D eigenvalue weighted by Gasteiger charge is 2.23. The molecule has 5 heteroatoms. The zero-order chi connectivity index (χ0) is 10.5. The first-order valence-corrected chi connectivity index (χ1v) is 4.45. The first kappa shape index (κ1) is 12.3. The molecule has 0 aromatic carbocycles. The van der Waals surface area contributed by atoms with E-state index in [1.807, 2.05) is 0 Å². The fraction of sp³-hybridized carbons (Fsp3) is 0.625. The summed E-state index contributed by atoms with van der Waals surface area (Å²) in [4.78, 5) is 11.1. The standard InChI is InChI=1S/C8H13O4P/c1-6(2)7(9)12-8(3,4)5-11-13-10/h1,5H2,2-4H3. The third kappa shape index (κ3) is 5.50. The summed E-state index contributed by atoms with van der Waals surface area (Å²) < 4.78 is 19.6. The zero-order valence-electron chi connectivity index (χ0n) is 7.99. The summed E-state index contributed by atoms with van der Waals surface area (Å²) in [6, 6.07) is 0. The van der Waals surface area contributed by atoms with Crippen LogP contribution >= 0.6 is 8.69 Å². The lowest BCUT2D eigenvalue weighted by atomic mass is 10.1. The molecule has 0 amide bonds. The summed E-state index contributed by atoms with van der Waals surface area (Å²) in [6.45, 7) is 8.41. The Morgan fingerprint density at radius 2 is 2.08 bits per heavy atom. The summed E-state index contributed by atoms with van der Waals surface area (Å²) in [7, 11) is -0.421. The molecule has 0 aliphatic rings. The highest BCUT2D eigenvalue weighted by molar-refractivity contribution is 7.17. The maximum atomic E-state index is 11.1. The molecule has 0 aromatic heterocycles. The van der Waals surface area contributed by atoms with E-state index < -0.39 is 20.3 Å². The first-order chi connectivity index (χ1) is 5.89. The third-order valence-electron chi connectivity index (χ3n) is 1.18. The molecule has 0 atom stereocenters. The van der Waals surface area contributed by atoms with Gasteiger partial charge in [-0.05, 0) is 20.8 Å². The van der Waals surface area contributed by atoms with Crippen LogP contribution in [-0.2, 0) is 18.6 Å². The Hall–Kier alpha value is -0.730. The van der Waals surface area contributed by atoms with Gasteiger partial charge in [0.25, 0.3) is 0 Å². The van der Waals surface area contributed by atoms with Crippen molar-refractivity contribution in [2.75, 3.05) is 6.61 Å². The predicted octanol–water partition coefficient (Wildman–Crippen LogP) is 2.11. The van der Waals surface area contributed by atoms with Gasteiger partial charge in [0.05, 0.1) is 6.61 Å². The summed E-state index contributed by atoms with van der Waals surface area (Å²) in [6.07, 6.45) is 0. The fourth-order valence-electron chi connectivity index (χ4n) is 0.549. The largest absolute Gasteiger partial charge is 0.454 e. The molecule has 0 bridgehead atoms. The smallest absolute Gasteiger partial charge is 0.333 e. The van der Waals surface area contributed by atoms with Crippen molar-refractivity contribution < 1.29 is 18.6 Å². The second-order valence-electron chi connectivity index (χ2n) is 3.28. The minimum absolute atomic E-state index is 0.0804. The van der Waals surface area contributed by atoms with Crippen molar-refractivity contribution in [2.45, 2.75) is 26.4 Å². The van der Waals surface area contributed by atoms with Gasteiger partial charge in [-0.15, -0.1) is 0 Å². The second-order valence-corrected chi connectivity index (χ2v) is 3.68. The number of hydrogen-bond acceptors (Lipinski definition) is 4. The molecule has 0 fully saturated rings. The molecule has 0 aliphatic carbocycles. The number of esters is 1. The quantitative estimate of drug-likeness (QED) is 0.391. The second kappa shape index (κ2) is 5.10. The Labute approximate surface area is 79.2 Å². The lowest BCUT2D eigenvalue weighted by Crippen LogP contribution is -2.32. The topological polar surface area (TPSA) is 52.6 Å². The maximum absolute atomic E-state index is 11.1. The molecule has 0 radical (unpaired) electrons. The molecule has 74 valence electrons. The maximum Gasteiger partial charge on any atom is 0.333 e. The molecule has 13 heavy (non-hydrogen) atoms. The van der Waals surface area contributed by atoms with E-state index in [0.29, 0.717) is 5.57 Å². The Bertz CT molecular complexity index is 222. The zero-order valence-corrected chi connectivity index (χ0v) is 8.89. The average molecular weight is 204 g/mol. The van der Waals surface area contributed by atoms with Gasteiger partial charge >= 0.3 is 14.7 Å². The molecular formula is C8H13O4P.